The number of hydrogen-bond acceptors (Lipinski definition) is 3. The van der Waals surface area contributed by atoms with Crippen molar-refractivity contribution < 1.29 is 4.79 Å². The molecule has 0 saturated carbocycles. The number of nitriles is 1. The van der Waals surface area contributed by atoms with E-state index in [4.69, 9.17) is 5.26 Å². The summed E-state index contributed by atoms with van der Waals surface area (Å²) in [4.78, 5) is 19.8. The van der Waals surface area contributed by atoms with Crippen LogP contribution in [0.15, 0.2) is 42.5 Å². The van der Waals surface area contributed by atoms with Gasteiger partial charge in [0.05, 0.1) is 22.7 Å². The molecule has 0 bridgehead atoms. The van der Waals surface area contributed by atoms with Crippen molar-refractivity contribution in [1.82, 2.24) is 9.97 Å². The zero-order valence-corrected chi connectivity index (χ0v) is 11.3. The van der Waals surface area contributed by atoms with Crippen molar-refractivity contribution in [2.45, 2.75) is 6.92 Å². The molecule has 102 valence electrons. The van der Waals surface area contributed by atoms with Gasteiger partial charge in [0.1, 0.15) is 11.3 Å². The van der Waals surface area contributed by atoms with E-state index in [1.54, 1.807) is 30.3 Å². The monoisotopic (exact) mass is 276 g/mol. The predicted octanol–water partition coefficient (Wildman–Crippen LogP) is 3.00. The number of aromatic amines is 1. The standard InChI is InChI=1S/C16H12N4O/c1-10-18-14-4-2-3-13(15(14)19-10)16(21)20-12-7-5-11(9-17)6-8-12/h2-8H,1H3,(H,18,19)(H,20,21). The third-order valence-electron chi connectivity index (χ3n) is 3.15. The Hall–Kier alpha value is -3.13. The average molecular weight is 276 g/mol. The summed E-state index contributed by atoms with van der Waals surface area (Å²) in [5.74, 6) is 0.542. The minimum Gasteiger partial charge on any atom is -0.342 e. The van der Waals surface area contributed by atoms with Crippen LogP contribution in [0.25, 0.3) is 11.0 Å². The van der Waals surface area contributed by atoms with Gasteiger partial charge in [-0.1, -0.05) is 6.07 Å². The summed E-state index contributed by atoms with van der Waals surface area (Å²) < 4.78 is 0. The lowest BCUT2D eigenvalue weighted by Gasteiger charge is -2.05. The van der Waals surface area contributed by atoms with Gasteiger partial charge in [0, 0.05) is 5.69 Å². The number of fused-ring (bicyclic) bond motifs is 1. The second-order valence-corrected chi connectivity index (χ2v) is 4.67. The first-order valence-electron chi connectivity index (χ1n) is 6.44. The minimum absolute atomic E-state index is 0.225. The molecule has 1 amide bonds. The fraction of sp³-hybridized carbons (Fsp3) is 0.0625. The van der Waals surface area contributed by atoms with Gasteiger partial charge in [-0.15, -0.1) is 0 Å². The van der Waals surface area contributed by atoms with Gasteiger partial charge in [-0.05, 0) is 43.3 Å². The van der Waals surface area contributed by atoms with E-state index in [9.17, 15) is 4.79 Å². The first-order chi connectivity index (χ1) is 10.2. The molecule has 2 N–H and O–H groups in total. The highest BCUT2D eigenvalue weighted by Crippen LogP contribution is 2.18. The maximum absolute atomic E-state index is 12.4. The molecular formula is C16H12N4O. The Kier molecular flexibility index (Phi) is 3.13. The SMILES string of the molecule is Cc1nc2c(C(=O)Nc3ccc(C#N)cc3)cccc2[nH]1. The van der Waals surface area contributed by atoms with E-state index in [1.165, 1.54) is 0 Å². The number of carbonyl (C=O) groups excluding carboxylic acids is 1. The van der Waals surface area contributed by atoms with Crippen LogP contribution in [0, 0.1) is 18.3 Å². The summed E-state index contributed by atoms with van der Waals surface area (Å²) in [6.07, 6.45) is 0. The molecule has 0 aliphatic carbocycles. The van der Waals surface area contributed by atoms with E-state index in [0.717, 1.165) is 11.3 Å². The van der Waals surface area contributed by atoms with Crippen LogP contribution in [-0.2, 0) is 0 Å². The molecule has 0 spiro atoms. The number of carbonyl (C=O) groups is 1. The molecule has 1 heterocycles. The molecule has 0 fully saturated rings. The number of aromatic nitrogens is 2. The number of anilines is 1. The number of amides is 1. The fourth-order valence-electron chi connectivity index (χ4n) is 2.17. The molecule has 0 aliphatic heterocycles. The molecule has 3 aromatic rings. The maximum Gasteiger partial charge on any atom is 0.257 e. The Balaban J connectivity index is 1.91. The summed E-state index contributed by atoms with van der Waals surface area (Å²) in [7, 11) is 0. The number of aryl methyl sites for hydroxylation is 1. The first-order valence-corrected chi connectivity index (χ1v) is 6.44. The van der Waals surface area contributed by atoms with Gasteiger partial charge in [0.15, 0.2) is 0 Å². The molecule has 0 atom stereocenters. The van der Waals surface area contributed by atoms with Gasteiger partial charge in [0.2, 0.25) is 0 Å². The van der Waals surface area contributed by atoms with Gasteiger partial charge in [-0.2, -0.15) is 5.26 Å². The minimum atomic E-state index is -0.225. The van der Waals surface area contributed by atoms with Gasteiger partial charge < -0.3 is 10.3 Å². The number of H-pyrrole nitrogens is 1. The van der Waals surface area contributed by atoms with Gasteiger partial charge in [0.25, 0.3) is 5.91 Å². The number of imidazole rings is 1. The third-order valence-corrected chi connectivity index (χ3v) is 3.15. The van der Waals surface area contributed by atoms with Crippen molar-refractivity contribution >= 4 is 22.6 Å². The lowest BCUT2D eigenvalue weighted by atomic mass is 10.1. The van der Waals surface area contributed by atoms with Crippen LogP contribution in [0.1, 0.15) is 21.7 Å². The van der Waals surface area contributed by atoms with Gasteiger partial charge in [-0.3, -0.25) is 4.79 Å². The van der Waals surface area contributed by atoms with Gasteiger partial charge >= 0.3 is 0 Å². The van der Waals surface area contributed by atoms with Crippen LogP contribution in [0.5, 0.6) is 0 Å². The third kappa shape index (κ3) is 2.47. The molecule has 1 aromatic heterocycles. The van der Waals surface area contributed by atoms with Crippen LogP contribution in [0.4, 0.5) is 5.69 Å². The molecule has 0 saturated heterocycles. The Labute approximate surface area is 121 Å². The molecule has 0 unspecified atom stereocenters. The van der Waals surface area contributed by atoms with E-state index in [-0.39, 0.29) is 5.91 Å². The number of rotatable bonds is 2. The van der Waals surface area contributed by atoms with Crippen molar-refractivity contribution in [3.8, 4) is 6.07 Å². The summed E-state index contributed by atoms with van der Waals surface area (Å²) >= 11 is 0. The smallest absolute Gasteiger partial charge is 0.257 e. The highest BCUT2D eigenvalue weighted by Gasteiger charge is 2.12. The Morgan fingerprint density at radius 1 is 1.24 bits per heavy atom. The molecule has 0 radical (unpaired) electrons. The van der Waals surface area contributed by atoms with E-state index in [1.807, 2.05) is 25.1 Å². The van der Waals surface area contributed by atoms with Crippen molar-refractivity contribution in [2.24, 2.45) is 0 Å². The van der Waals surface area contributed by atoms with E-state index >= 15 is 0 Å². The van der Waals surface area contributed by atoms with Crippen molar-refractivity contribution in [3.63, 3.8) is 0 Å². The lowest BCUT2D eigenvalue weighted by molar-refractivity contribution is 0.102. The van der Waals surface area contributed by atoms with Crippen molar-refractivity contribution in [1.29, 1.82) is 5.26 Å². The molecule has 2 aromatic carbocycles. The Bertz CT molecular complexity index is 856. The second kappa shape index (κ2) is 5.10. The average Bonchev–Trinajstić information content (AvgIpc) is 2.87. The number of para-hydroxylation sites is 1. The highest BCUT2D eigenvalue weighted by atomic mass is 16.1. The molecular weight excluding hydrogens is 264 g/mol. The number of nitrogens with zero attached hydrogens (tertiary/aromatic N) is 2. The summed E-state index contributed by atoms with van der Waals surface area (Å²) in [5, 5.41) is 11.6. The van der Waals surface area contributed by atoms with Crippen LogP contribution < -0.4 is 5.32 Å². The van der Waals surface area contributed by atoms with E-state index in [0.29, 0.717) is 22.3 Å². The Morgan fingerprint density at radius 2 is 2.00 bits per heavy atom. The second-order valence-electron chi connectivity index (χ2n) is 4.67. The van der Waals surface area contributed by atoms with E-state index < -0.39 is 0 Å². The first kappa shape index (κ1) is 12.9. The largest absolute Gasteiger partial charge is 0.342 e. The zero-order chi connectivity index (χ0) is 14.8. The van der Waals surface area contributed by atoms with Crippen molar-refractivity contribution in [2.75, 3.05) is 5.32 Å². The molecule has 5 heteroatoms. The predicted molar refractivity (Wildman–Crippen MR) is 79.9 cm³/mol. The fourth-order valence-corrected chi connectivity index (χ4v) is 2.17. The maximum atomic E-state index is 12.4. The van der Waals surface area contributed by atoms with Crippen LogP contribution in [0.3, 0.4) is 0 Å². The molecule has 21 heavy (non-hydrogen) atoms. The normalized spacial score (nSPS) is 10.3. The number of benzene rings is 2. The Morgan fingerprint density at radius 3 is 2.71 bits per heavy atom. The summed E-state index contributed by atoms with van der Waals surface area (Å²) in [5.41, 5.74) is 3.20. The summed E-state index contributed by atoms with van der Waals surface area (Å²) in [6.45, 7) is 1.85. The summed E-state index contributed by atoms with van der Waals surface area (Å²) in [6, 6.07) is 14.2. The van der Waals surface area contributed by atoms with Crippen LogP contribution in [0.2, 0.25) is 0 Å². The zero-order valence-electron chi connectivity index (χ0n) is 11.3. The van der Waals surface area contributed by atoms with Crippen molar-refractivity contribution in [3.05, 3.63) is 59.4 Å². The topological polar surface area (TPSA) is 81.6 Å². The lowest BCUT2D eigenvalue weighted by Crippen LogP contribution is -2.12. The van der Waals surface area contributed by atoms with E-state index in [2.05, 4.69) is 15.3 Å². The molecule has 5 nitrogen and oxygen atoms in total. The molecule has 3 rings (SSSR count). The van der Waals surface area contributed by atoms with Crippen LogP contribution >= 0.6 is 0 Å². The number of nitrogens with one attached hydrogen (secondary N) is 2. The molecule has 0 aliphatic rings. The van der Waals surface area contributed by atoms with Crippen LogP contribution in [-0.4, -0.2) is 15.9 Å². The number of hydrogen-bond donors (Lipinski definition) is 2. The highest BCUT2D eigenvalue weighted by molar-refractivity contribution is 6.11. The quantitative estimate of drug-likeness (QED) is 0.754. The van der Waals surface area contributed by atoms with Gasteiger partial charge in [-0.25, -0.2) is 4.98 Å².